The zero-order valence-electron chi connectivity index (χ0n) is 10.3. The summed E-state index contributed by atoms with van der Waals surface area (Å²) in [4.78, 5) is 10.5. The largest absolute Gasteiger partial charge is 0.433 e. The third-order valence-electron chi connectivity index (χ3n) is 2.25. The van der Waals surface area contributed by atoms with Crippen molar-refractivity contribution >= 4 is 17.4 Å². The van der Waals surface area contributed by atoms with Crippen molar-refractivity contribution in [3.63, 3.8) is 0 Å². The fraction of sp³-hybridized carbons (Fsp3) is 0.600. The molecule has 102 valence electrons. The summed E-state index contributed by atoms with van der Waals surface area (Å²) < 4.78 is 37.6. The summed E-state index contributed by atoms with van der Waals surface area (Å²) in [5.41, 5.74) is -1.03. The maximum atomic E-state index is 12.5. The van der Waals surface area contributed by atoms with Crippen LogP contribution in [0.4, 0.5) is 19.0 Å². The molecule has 0 aromatic carbocycles. The highest BCUT2D eigenvalue weighted by atomic mass is 35.5. The summed E-state index contributed by atoms with van der Waals surface area (Å²) in [6, 6.07) is 0.890. The van der Waals surface area contributed by atoms with E-state index in [-0.39, 0.29) is 5.82 Å². The molecule has 1 aromatic heterocycles. The minimum Gasteiger partial charge on any atom is -0.358 e. The molecule has 8 heteroatoms. The smallest absolute Gasteiger partial charge is 0.358 e. The molecule has 0 spiro atoms. The molecule has 0 amide bonds. The van der Waals surface area contributed by atoms with Crippen molar-refractivity contribution in [1.29, 1.82) is 0 Å². The zero-order chi connectivity index (χ0) is 13.9. The average Bonchev–Trinajstić information content (AvgIpc) is 2.23. The fourth-order valence-electron chi connectivity index (χ4n) is 1.21. The Labute approximate surface area is 108 Å². The van der Waals surface area contributed by atoms with Gasteiger partial charge in [-0.2, -0.15) is 13.2 Å². The lowest BCUT2D eigenvalue weighted by Crippen LogP contribution is -2.29. The van der Waals surface area contributed by atoms with Crippen molar-refractivity contribution in [3.05, 3.63) is 17.0 Å². The summed E-state index contributed by atoms with van der Waals surface area (Å²) >= 11 is 5.50. The Bertz CT molecular complexity index is 409. The van der Waals surface area contributed by atoms with Gasteiger partial charge in [0.25, 0.3) is 0 Å². The Morgan fingerprint density at radius 2 is 1.78 bits per heavy atom. The first-order chi connectivity index (χ1) is 8.20. The summed E-state index contributed by atoms with van der Waals surface area (Å²) in [6.07, 6.45) is -4.52. The maximum absolute atomic E-state index is 12.5. The molecule has 0 atom stereocenters. The van der Waals surface area contributed by atoms with E-state index in [0.29, 0.717) is 13.1 Å². The van der Waals surface area contributed by atoms with E-state index in [1.54, 1.807) is 11.9 Å². The predicted molar refractivity (Wildman–Crippen MR) is 63.9 cm³/mol. The molecule has 0 bridgehead atoms. The van der Waals surface area contributed by atoms with E-state index in [9.17, 15) is 13.2 Å². The molecule has 4 nitrogen and oxygen atoms in total. The summed E-state index contributed by atoms with van der Waals surface area (Å²) in [5, 5.41) is -0.406. The second kappa shape index (κ2) is 5.71. The topological polar surface area (TPSA) is 32.3 Å². The van der Waals surface area contributed by atoms with Crippen molar-refractivity contribution in [3.8, 4) is 0 Å². The van der Waals surface area contributed by atoms with Crippen LogP contribution in [-0.2, 0) is 6.18 Å². The van der Waals surface area contributed by atoms with Crippen LogP contribution in [0.3, 0.4) is 0 Å². The molecule has 0 radical (unpaired) electrons. The first-order valence-corrected chi connectivity index (χ1v) is 5.55. The zero-order valence-corrected chi connectivity index (χ0v) is 11.0. The number of alkyl halides is 3. The van der Waals surface area contributed by atoms with Crippen molar-refractivity contribution in [2.75, 3.05) is 39.1 Å². The van der Waals surface area contributed by atoms with Crippen LogP contribution in [-0.4, -0.2) is 49.1 Å². The molecule has 1 heterocycles. The molecule has 0 fully saturated rings. The van der Waals surface area contributed by atoms with E-state index >= 15 is 0 Å². The minimum absolute atomic E-state index is 0.157. The summed E-state index contributed by atoms with van der Waals surface area (Å²) in [7, 11) is 5.41. The Morgan fingerprint density at radius 1 is 1.17 bits per heavy atom. The standard InChI is InChI=1S/C10H14ClF3N4/c1-17(2)4-5-18(3)8-6-7(10(12,13)14)15-9(11)16-8/h6H,4-5H2,1-3H3. The molecule has 0 saturated carbocycles. The van der Waals surface area contributed by atoms with Crippen LogP contribution >= 0.6 is 11.6 Å². The molecule has 18 heavy (non-hydrogen) atoms. The van der Waals surface area contributed by atoms with Gasteiger partial charge in [0.1, 0.15) is 5.82 Å². The Balaban J connectivity index is 2.92. The first-order valence-electron chi connectivity index (χ1n) is 5.18. The van der Waals surface area contributed by atoms with Gasteiger partial charge in [-0.25, -0.2) is 9.97 Å². The van der Waals surface area contributed by atoms with Crippen molar-refractivity contribution in [2.24, 2.45) is 0 Å². The highest BCUT2D eigenvalue weighted by Crippen LogP contribution is 2.30. The molecule has 0 aliphatic carbocycles. The SMILES string of the molecule is CN(C)CCN(C)c1cc(C(F)(F)F)nc(Cl)n1. The maximum Gasteiger partial charge on any atom is 0.433 e. The van der Waals surface area contributed by atoms with Gasteiger partial charge in [-0.1, -0.05) is 0 Å². The van der Waals surface area contributed by atoms with Crippen LogP contribution in [0.5, 0.6) is 0 Å². The Kier molecular flexibility index (Phi) is 4.75. The molecule has 0 N–H and O–H groups in total. The van der Waals surface area contributed by atoms with Crippen LogP contribution < -0.4 is 4.90 Å². The number of anilines is 1. The van der Waals surface area contributed by atoms with Gasteiger partial charge in [0.2, 0.25) is 5.28 Å². The number of hydrogen-bond donors (Lipinski definition) is 0. The van der Waals surface area contributed by atoms with Gasteiger partial charge in [0.05, 0.1) is 0 Å². The quantitative estimate of drug-likeness (QED) is 0.792. The second-order valence-corrected chi connectivity index (χ2v) is 4.44. The fourth-order valence-corrected chi connectivity index (χ4v) is 1.39. The summed E-state index contributed by atoms with van der Waals surface area (Å²) in [6.45, 7) is 1.23. The van der Waals surface area contributed by atoms with E-state index in [4.69, 9.17) is 11.6 Å². The Hall–Kier alpha value is -1.08. The van der Waals surface area contributed by atoms with Crippen molar-refractivity contribution in [2.45, 2.75) is 6.18 Å². The lowest BCUT2D eigenvalue weighted by atomic mass is 10.3. The predicted octanol–water partition coefficient (Wildman–Crippen LogP) is 2.15. The van der Waals surface area contributed by atoms with Gasteiger partial charge in [0.15, 0.2) is 5.69 Å². The van der Waals surface area contributed by atoms with Gasteiger partial charge >= 0.3 is 6.18 Å². The first kappa shape index (κ1) is 15.0. The van der Waals surface area contributed by atoms with Crippen molar-refractivity contribution < 1.29 is 13.2 Å². The van der Waals surface area contributed by atoms with Crippen LogP contribution in [0.1, 0.15) is 5.69 Å². The van der Waals surface area contributed by atoms with Gasteiger partial charge in [0, 0.05) is 26.2 Å². The monoisotopic (exact) mass is 282 g/mol. The third-order valence-corrected chi connectivity index (χ3v) is 2.42. The molecule has 0 saturated heterocycles. The Morgan fingerprint density at radius 3 is 2.28 bits per heavy atom. The van der Waals surface area contributed by atoms with E-state index in [2.05, 4.69) is 9.97 Å². The average molecular weight is 283 g/mol. The van der Waals surface area contributed by atoms with Crippen molar-refractivity contribution in [1.82, 2.24) is 14.9 Å². The number of nitrogens with zero attached hydrogens (tertiary/aromatic N) is 4. The highest BCUT2D eigenvalue weighted by Gasteiger charge is 2.33. The molecule has 0 aliphatic rings. The van der Waals surface area contributed by atoms with Gasteiger partial charge in [-0.05, 0) is 25.7 Å². The molecular weight excluding hydrogens is 269 g/mol. The third kappa shape index (κ3) is 4.30. The molecular formula is C10H14ClF3N4. The van der Waals surface area contributed by atoms with Gasteiger partial charge in [-0.3, -0.25) is 0 Å². The minimum atomic E-state index is -4.52. The summed E-state index contributed by atoms with van der Waals surface area (Å²) in [5.74, 6) is 0.157. The van der Waals surface area contributed by atoms with E-state index in [1.807, 2.05) is 19.0 Å². The van der Waals surface area contributed by atoms with E-state index in [0.717, 1.165) is 6.07 Å². The highest BCUT2D eigenvalue weighted by molar-refractivity contribution is 6.28. The van der Waals surface area contributed by atoms with E-state index in [1.165, 1.54) is 0 Å². The van der Waals surface area contributed by atoms with Crippen LogP contribution in [0.2, 0.25) is 5.28 Å². The normalized spacial score (nSPS) is 12.0. The molecule has 1 rings (SSSR count). The van der Waals surface area contributed by atoms with Gasteiger partial charge < -0.3 is 9.80 Å². The second-order valence-electron chi connectivity index (χ2n) is 4.10. The molecule has 1 aromatic rings. The van der Waals surface area contributed by atoms with Crippen LogP contribution in [0.15, 0.2) is 6.07 Å². The molecule has 0 unspecified atom stereocenters. The number of halogens is 4. The lowest BCUT2D eigenvalue weighted by Gasteiger charge is -2.21. The van der Waals surface area contributed by atoms with Gasteiger partial charge in [-0.15, -0.1) is 0 Å². The number of rotatable bonds is 4. The van der Waals surface area contributed by atoms with E-state index < -0.39 is 17.2 Å². The molecule has 0 aliphatic heterocycles. The number of aromatic nitrogens is 2. The number of hydrogen-bond acceptors (Lipinski definition) is 4. The number of likely N-dealkylation sites (N-methyl/N-ethyl adjacent to an activating group) is 2. The lowest BCUT2D eigenvalue weighted by molar-refractivity contribution is -0.141. The van der Waals surface area contributed by atoms with Crippen LogP contribution in [0.25, 0.3) is 0 Å². The van der Waals surface area contributed by atoms with Crippen LogP contribution in [0, 0.1) is 0 Å².